The molecule has 1 rings (SSSR count). The van der Waals surface area contributed by atoms with Crippen molar-refractivity contribution >= 4 is 15.9 Å². The normalized spacial score (nSPS) is 21.2. The number of rotatable bonds is 3. The second kappa shape index (κ2) is 4.51. The van der Waals surface area contributed by atoms with Gasteiger partial charge in [0.25, 0.3) is 5.92 Å². The highest BCUT2D eigenvalue weighted by Gasteiger charge is 2.39. The van der Waals surface area contributed by atoms with Crippen molar-refractivity contribution in [2.75, 3.05) is 18.5 Å². The van der Waals surface area contributed by atoms with E-state index in [1.54, 1.807) is 0 Å². The maximum Gasteiger partial charge on any atom is 0.251 e. The lowest BCUT2D eigenvalue weighted by Gasteiger charge is -2.29. The summed E-state index contributed by atoms with van der Waals surface area (Å²) >= 11 is 3.04. The number of ether oxygens (including phenoxy) is 1. The van der Waals surface area contributed by atoms with E-state index >= 15 is 0 Å². The Labute approximate surface area is 79.6 Å². The molecule has 1 aliphatic heterocycles. The van der Waals surface area contributed by atoms with Crippen LogP contribution in [0.15, 0.2) is 0 Å². The first kappa shape index (κ1) is 10.4. The van der Waals surface area contributed by atoms with E-state index in [9.17, 15) is 8.78 Å². The summed E-state index contributed by atoms with van der Waals surface area (Å²) in [4.78, 5) is 0. The minimum absolute atomic E-state index is 0.0579. The van der Waals surface area contributed by atoms with Gasteiger partial charge < -0.3 is 4.74 Å². The van der Waals surface area contributed by atoms with Gasteiger partial charge in [0, 0.05) is 30.9 Å². The fraction of sp³-hybridized carbons (Fsp3) is 1.00. The van der Waals surface area contributed by atoms with Crippen molar-refractivity contribution < 1.29 is 13.5 Å². The Morgan fingerprint density at radius 1 is 1.33 bits per heavy atom. The molecule has 1 fully saturated rings. The van der Waals surface area contributed by atoms with Crippen molar-refractivity contribution in [2.45, 2.75) is 25.2 Å². The Balaban J connectivity index is 2.41. The lowest BCUT2D eigenvalue weighted by Crippen LogP contribution is -2.33. The summed E-state index contributed by atoms with van der Waals surface area (Å²) in [7, 11) is 0. The van der Waals surface area contributed by atoms with Crippen LogP contribution in [0.4, 0.5) is 8.78 Å². The van der Waals surface area contributed by atoms with Crippen LogP contribution >= 0.6 is 15.9 Å². The highest BCUT2D eigenvalue weighted by molar-refractivity contribution is 9.09. The van der Waals surface area contributed by atoms with Crippen LogP contribution in [-0.2, 0) is 4.74 Å². The minimum Gasteiger partial charge on any atom is -0.381 e. The van der Waals surface area contributed by atoms with E-state index in [0.29, 0.717) is 31.4 Å². The van der Waals surface area contributed by atoms with Crippen molar-refractivity contribution in [3.05, 3.63) is 0 Å². The van der Waals surface area contributed by atoms with E-state index < -0.39 is 11.8 Å². The molecular formula is C8H13BrF2O. The van der Waals surface area contributed by atoms with Gasteiger partial charge in [0.15, 0.2) is 0 Å². The highest BCUT2D eigenvalue weighted by atomic mass is 79.9. The SMILES string of the molecule is FC(F)(CCBr)C1CCOCC1. The van der Waals surface area contributed by atoms with Crippen LogP contribution in [0, 0.1) is 5.92 Å². The first-order valence-corrected chi connectivity index (χ1v) is 5.30. The van der Waals surface area contributed by atoms with E-state index in [1.165, 1.54) is 0 Å². The van der Waals surface area contributed by atoms with Gasteiger partial charge in [-0.15, -0.1) is 0 Å². The second-order valence-corrected chi connectivity index (χ2v) is 3.88. The molecule has 0 aromatic heterocycles. The molecule has 1 saturated heterocycles. The van der Waals surface area contributed by atoms with E-state index in [4.69, 9.17) is 4.74 Å². The third-order valence-corrected chi connectivity index (χ3v) is 2.64. The predicted octanol–water partition coefficient (Wildman–Crippen LogP) is 2.83. The van der Waals surface area contributed by atoms with Crippen LogP contribution in [0.3, 0.4) is 0 Å². The zero-order valence-corrected chi connectivity index (χ0v) is 8.45. The summed E-state index contributed by atoms with van der Waals surface area (Å²) in [6, 6.07) is 0. The summed E-state index contributed by atoms with van der Waals surface area (Å²) in [6.45, 7) is 0.977. The van der Waals surface area contributed by atoms with Crippen molar-refractivity contribution in [1.82, 2.24) is 0 Å². The van der Waals surface area contributed by atoms with Crippen molar-refractivity contribution in [3.63, 3.8) is 0 Å². The maximum absolute atomic E-state index is 13.2. The van der Waals surface area contributed by atoms with Crippen molar-refractivity contribution in [1.29, 1.82) is 0 Å². The monoisotopic (exact) mass is 242 g/mol. The smallest absolute Gasteiger partial charge is 0.251 e. The molecule has 0 aliphatic carbocycles. The lowest BCUT2D eigenvalue weighted by molar-refractivity contribution is -0.0969. The molecule has 0 aromatic carbocycles. The predicted molar refractivity (Wildman–Crippen MR) is 46.9 cm³/mol. The first-order chi connectivity index (χ1) is 5.67. The summed E-state index contributed by atoms with van der Waals surface area (Å²) in [5, 5.41) is 0.372. The van der Waals surface area contributed by atoms with Crippen LogP contribution in [0.25, 0.3) is 0 Å². The Bertz CT molecular complexity index is 135. The van der Waals surface area contributed by atoms with Gasteiger partial charge in [-0.05, 0) is 12.8 Å². The van der Waals surface area contributed by atoms with Gasteiger partial charge in [0.1, 0.15) is 0 Å². The molecule has 0 unspecified atom stereocenters. The van der Waals surface area contributed by atoms with Crippen LogP contribution < -0.4 is 0 Å². The van der Waals surface area contributed by atoms with E-state index in [-0.39, 0.29) is 6.42 Å². The quantitative estimate of drug-likeness (QED) is 0.692. The molecule has 1 heterocycles. The van der Waals surface area contributed by atoms with E-state index in [0.717, 1.165) is 0 Å². The summed E-state index contributed by atoms with van der Waals surface area (Å²) in [5.41, 5.74) is 0. The topological polar surface area (TPSA) is 9.23 Å². The number of hydrogen-bond acceptors (Lipinski definition) is 1. The molecule has 0 spiro atoms. The molecule has 0 radical (unpaired) electrons. The molecule has 0 amide bonds. The van der Waals surface area contributed by atoms with Crippen molar-refractivity contribution in [3.8, 4) is 0 Å². The average Bonchev–Trinajstić information content (AvgIpc) is 2.06. The third-order valence-electron chi connectivity index (χ3n) is 2.25. The fourth-order valence-electron chi connectivity index (χ4n) is 1.45. The molecule has 1 nitrogen and oxygen atoms in total. The molecule has 1 aliphatic rings. The van der Waals surface area contributed by atoms with Gasteiger partial charge in [-0.2, -0.15) is 0 Å². The zero-order chi connectivity index (χ0) is 9.03. The van der Waals surface area contributed by atoms with Gasteiger partial charge in [-0.25, -0.2) is 8.78 Å². The fourth-order valence-corrected chi connectivity index (χ4v) is 1.98. The summed E-state index contributed by atoms with van der Waals surface area (Å²) < 4.78 is 31.5. The van der Waals surface area contributed by atoms with Crippen LogP contribution in [0.2, 0.25) is 0 Å². The molecule has 12 heavy (non-hydrogen) atoms. The molecular weight excluding hydrogens is 230 g/mol. The van der Waals surface area contributed by atoms with Crippen molar-refractivity contribution in [2.24, 2.45) is 5.92 Å². The van der Waals surface area contributed by atoms with Crippen LogP contribution in [0.1, 0.15) is 19.3 Å². The molecule has 0 bridgehead atoms. The minimum atomic E-state index is -2.51. The Morgan fingerprint density at radius 3 is 2.42 bits per heavy atom. The van der Waals surface area contributed by atoms with Crippen LogP contribution in [-0.4, -0.2) is 24.5 Å². The van der Waals surface area contributed by atoms with Gasteiger partial charge >= 0.3 is 0 Å². The zero-order valence-electron chi connectivity index (χ0n) is 6.86. The van der Waals surface area contributed by atoms with Gasteiger partial charge in [0.2, 0.25) is 0 Å². The third kappa shape index (κ3) is 2.66. The summed E-state index contributed by atoms with van der Waals surface area (Å²) in [6.07, 6.45) is 0.942. The second-order valence-electron chi connectivity index (χ2n) is 3.09. The molecule has 72 valence electrons. The lowest BCUT2D eigenvalue weighted by atomic mass is 9.91. The molecule has 4 heteroatoms. The first-order valence-electron chi connectivity index (χ1n) is 4.18. The number of alkyl halides is 3. The maximum atomic E-state index is 13.2. The van der Waals surface area contributed by atoms with E-state index in [2.05, 4.69) is 15.9 Å². The molecule has 0 N–H and O–H groups in total. The van der Waals surface area contributed by atoms with Gasteiger partial charge in [-0.1, -0.05) is 15.9 Å². The van der Waals surface area contributed by atoms with Gasteiger partial charge in [-0.3, -0.25) is 0 Å². The van der Waals surface area contributed by atoms with E-state index in [1.807, 2.05) is 0 Å². The standard InChI is InChI=1S/C8H13BrF2O/c9-4-3-8(10,11)7-1-5-12-6-2-7/h7H,1-6H2. The average molecular weight is 243 g/mol. The molecule has 0 atom stereocenters. The Morgan fingerprint density at radius 2 is 1.92 bits per heavy atom. The molecule has 0 aromatic rings. The largest absolute Gasteiger partial charge is 0.381 e. The highest BCUT2D eigenvalue weighted by Crippen LogP contribution is 2.35. The Kier molecular flexibility index (Phi) is 3.90. The summed E-state index contributed by atoms with van der Waals surface area (Å²) in [5.74, 6) is -2.98. The van der Waals surface area contributed by atoms with Crippen LogP contribution in [0.5, 0.6) is 0 Å². The van der Waals surface area contributed by atoms with Gasteiger partial charge in [0.05, 0.1) is 0 Å². The molecule has 0 saturated carbocycles. The Hall–Kier alpha value is 0.300. The number of halogens is 3. The number of hydrogen-bond donors (Lipinski definition) is 0.